The van der Waals surface area contributed by atoms with E-state index in [1.165, 1.54) is 12.8 Å². The van der Waals surface area contributed by atoms with E-state index in [2.05, 4.69) is 4.40 Å². The molecule has 0 bridgehead atoms. The summed E-state index contributed by atoms with van der Waals surface area (Å²) < 4.78 is 15.1. The third-order valence-electron chi connectivity index (χ3n) is 1.51. The Labute approximate surface area is 71.4 Å². The first-order valence-corrected chi connectivity index (χ1v) is 5.07. The van der Waals surface area contributed by atoms with Crippen LogP contribution in [0.4, 0.5) is 0 Å². The summed E-state index contributed by atoms with van der Waals surface area (Å²) >= 11 is -1.05. The van der Waals surface area contributed by atoms with Gasteiger partial charge in [0.1, 0.15) is 16.1 Å². The molecule has 3 heteroatoms. The fraction of sp³-hybridized carbons (Fsp3) is 0.875. The molecule has 1 fully saturated rings. The zero-order valence-electron chi connectivity index (χ0n) is 7.33. The highest BCUT2D eigenvalue weighted by molar-refractivity contribution is 7.91. The molecule has 0 saturated heterocycles. The molecule has 1 aliphatic rings. The summed E-state index contributed by atoms with van der Waals surface area (Å²) in [7, 11) is 0. The zero-order chi connectivity index (χ0) is 8.48. The SMILES string of the molecule is CC(C)(C)[S+]([O-])N=CC1CC1. The van der Waals surface area contributed by atoms with Crippen molar-refractivity contribution >= 4 is 17.6 Å². The molecule has 2 nitrogen and oxygen atoms in total. The van der Waals surface area contributed by atoms with E-state index in [9.17, 15) is 4.55 Å². The number of nitrogens with zero attached hydrogens (tertiary/aromatic N) is 1. The van der Waals surface area contributed by atoms with Crippen LogP contribution in [0.2, 0.25) is 0 Å². The maximum absolute atomic E-state index is 11.3. The molecular formula is C8H15NOS. The smallest absolute Gasteiger partial charge is 0.144 e. The van der Waals surface area contributed by atoms with Gasteiger partial charge in [0.2, 0.25) is 0 Å². The highest BCUT2D eigenvalue weighted by Crippen LogP contribution is 2.27. The molecule has 0 N–H and O–H groups in total. The van der Waals surface area contributed by atoms with Gasteiger partial charge in [-0.3, -0.25) is 0 Å². The lowest BCUT2D eigenvalue weighted by Gasteiger charge is -2.17. The van der Waals surface area contributed by atoms with Crippen molar-refractivity contribution in [3.05, 3.63) is 0 Å². The molecule has 0 aromatic rings. The largest absolute Gasteiger partial charge is 0.591 e. The van der Waals surface area contributed by atoms with Crippen LogP contribution in [0.3, 0.4) is 0 Å². The first-order valence-electron chi connectivity index (χ1n) is 3.96. The molecule has 0 aliphatic heterocycles. The Morgan fingerprint density at radius 1 is 1.45 bits per heavy atom. The van der Waals surface area contributed by atoms with Gasteiger partial charge in [0, 0.05) is 0 Å². The van der Waals surface area contributed by atoms with Crippen molar-refractivity contribution < 1.29 is 4.55 Å². The quantitative estimate of drug-likeness (QED) is 0.464. The fourth-order valence-electron chi connectivity index (χ4n) is 0.545. The van der Waals surface area contributed by atoms with Crippen LogP contribution < -0.4 is 0 Å². The predicted molar refractivity (Wildman–Crippen MR) is 49.1 cm³/mol. The minimum atomic E-state index is -1.05. The predicted octanol–water partition coefficient (Wildman–Crippen LogP) is 1.93. The van der Waals surface area contributed by atoms with Crippen molar-refractivity contribution in [3.8, 4) is 0 Å². The number of hydrogen-bond acceptors (Lipinski definition) is 2. The minimum Gasteiger partial charge on any atom is -0.591 e. The van der Waals surface area contributed by atoms with Crippen LogP contribution >= 0.6 is 0 Å². The van der Waals surface area contributed by atoms with Crippen LogP contribution in [-0.4, -0.2) is 15.5 Å². The van der Waals surface area contributed by atoms with E-state index >= 15 is 0 Å². The van der Waals surface area contributed by atoms with E-state index in [4.69, 9.17) is 0 Å². The van der Waals surface area contributed by atoms with Gasteiger partial charge in [-0.15, -0.1) is 0 Å². The summed E-state index contributed by atoms with van der Waals surface area (Å²) in [5, 5.41) is 0. The van der Waals surface area contributed by atoms with Gasteiger partial charge >= 0.3 is 0 Å². The molecule has 1 unspecified atom stereocenters. The maximum atomic E-state index is 11.3. The molecule has 0 aromatic heterocycles. The van der Waals surface area contributed by atoms with Crippen LogP contribution in [0, 0.1) is 5.92 Å². The number of rotatable bonds is 2. The molecule has 0 aromatic carbocycles. The summed E-state index contributed by atoms with van der Waals surface area (Å²) in [5.41, 5.74) is 0. The van der Waals surface area contributed by atoms with E-state index in [-0.39, 0.29) is 4.75 Å². The average molecular weight is 173 g/mol. The Morgan fingerprint density at radius 2 is 2.00 bits per heavy atom. The molecule has 0 heterocycles. The average Bonchev–Trinajstić information content (AvgIpc) is 2.62. The van der Waals surface area contributed by atoms with Gasteiger partial charge in [-0.2, -0.15) is 0 Å². The van der Waals surface area contributed by atoms with Crippen molar-refractivity contribution in [1.82, 2.24) is 0 Å². The third kappa shape index (κ3) is 3.25. The lowest BCUT2D eigenvalue weighted by molar-refractivity contribution is 0.561. The molecule has 1 saturated carbocycles. The summed E-state index contributed by atoms with van der Waals surface area (Å²) in [6.07, 6.45) is 4.30. The Balaban J connectivity index is 2.34. The van der Waals surface area contributed by atoms with Gasteiger partial charge in [0.05, 0.1) is 6.21 Å². The fourth-order valence-corrected chi connectivity index (χ4v) is 1.14. The molecule has 0 amide bonds. The van der Waals surface area contributed by atoms with E-state index in [1.807, 2.05) is 27.0 Å². The normalized spacial score (nSPS) is 22.5. The monoisotopic (exact) mass is 173 g/mol. The molecular weight excluding hydrogens is 158 g/mol. The minimum absolute atomic E-state index is 0.203. The summed E-state index contributed by atoms with van der Waals surface area (Å²) in [5.74, 6) is 0.626. The van der Waals surface area contributed by atoms with Gasteiger partial charge in [0.25, 0.3) is 0 Å². The Bertz CT molecular complexity index is 158. The molecule has 0 spiro atoms. The Hall–Kier alpha value is -0.0200. The van der Waals surface area contributed by atoms with Gasteiger partial charge in [-0.25, -0.2) is 0 Å². The highest BCUT2D eigenvalue weighted by Gasteiger charge is 2.27. The summed E-state index contributed by atoms with van der Waals surface area (Å²) in [6.45, 7) is 5.81. The standard InChI is InChI=1S/C8H15NOS/c1-8(2,3)11(10)9-6-7-4-5-7/h6-7H,4-5H2,1-3H3. The first-order chi connectivity index (χ1) is 5.00. The van der Waals surface area contributed by atoms with Crippen molar-refractivity contribution in [1.29, 1.82) is 0 Å². The first kappa shape index (κ1) is 9.07. The van der Waals surface area contributed by atoms with Gasteiger partial charge in [-0.1, -0.05) is 4.40 Å². The van der Waals surface area contributed by atoms with Gasteiger partial charge in [0.15, 0.2) is 0 Å². The lowest BCUT2D eigenvalue weighted by Crippen LogP contribution is -2.25. The highest BCUT2D eigenvalue weighted by atomic mass is 32.2. The van der Waals surface area contributed by atoms with E-state index in [0.29, 0.717) is 5.92 Å². The topological polar surface area (TPSA) is 35.4 Å². The van der Waals surface area contributed by atoms with Gasteiger partial charge < -0.3 is 4.55 Å². The third-order valence-corrected chi connectivity index (χ3v) is 2.87. The van der Waals surface area contributed by atoms with E-state index in [0.717, 1.165) is 0 Å². The van der Waals surface area contributed by atoms with Crippen molar-refractivity contribution in [2.24, 2.45) is 10.3 Å². The van der Waals surface area contributed by atoms with Gasteiger partial charge in [-0.05, 0) is 39.5 Å². The molecule has 1 atom stereocenters. The van der Waals surface area contributed by atoms with Crippen LogP contribution in [0.1, 0.15) is 33.6 Å². The van der Waals surface area contributed by atoms with Crippen LogP contribution in [-0.2, 0) is 11.4 Å². The van der Waals surface area contributed by atoms with Crippen molar-refractivity contribution in [3.63, 3.8) is 0 Å². The van der Waals surface area contributed by atoms with Crippen LogP contribution in [0.5, 0.6) is 0 Å². The second-order valence-electron chi connectivity index (χ2n) is 3.95. The Kier molecular flexibility index (Phi) is 2.60. The molecule has 64 valence electrons. The van der Waals surface area contributed by atoms with E-state index < -0.39 is 11.4 Å². The summed E-state index contributed by atoms with van der Waals surface area (Å²) in [6, 6.07) is 0. The maximum Gasteiger partial charge on any atom is 0.144 e. The molecule has 1 rings (SSSR count). The van der Waals surface area contributed by atoms with Crippen LogP contribution in [0.15, 0.2) is 4.40 Å². The van der Waals surface area contributed by atoms with Crippen molar-refractivity contribution in [2.75, 3.05) is 0 Å². The summed E-state index contributed by atoms with van der Waals surface area (Å²) in [4.78, 5) is 0. The second-order valence-corrected chi connectivity index (χ2v) is 5.89. The lowest BCUT2D eigenvalue weighted by atomic mass is 10.3. The zero-order valence-corrected chi connectivity index (χ0v) is 8.15. The van der Waals surface area contributed by atoms with E-state index in [1.54, 1.807) is 0 Å². The van der Waals surface area contributed by atoms with Crippen molar-refractivity contribution in [2.45, 2.75) is 38.4 Å². The van der Waals surface area contributed by atoms with Crippen LogP contribution in [0.25, 0.3) is 0 Å². The Morgan fingerprint density at radius 3 is 2.36 bits per heavy atom. The molecule has 11 heavy (non-hydrogen) atoms. The molecule has 0 radical (unpaired) electrons. The molecule has 1 aliphatic carbocycles. The number of hydrogen-bond donors (Lipinski definition) is 0. The second kappa shape index (κ2) is 3.15.